The molecule has 0 aromatic heterocycles. The number of carbonyl (C=O) groups excluding carboxylic acids is 5. The van der Waals surface area contributed by atoms with Crippen LogP contribution in [0, 0.1) is 0 Å². The molecule has 0 heterocycles. The molecule has 0 aliphatic rings. The minimum atomic E-state index is -3.03. The van der Waals surface area contributed by atoms with E-state index in [4.69, 9.17) is 0 Å². The number of ketones is 4. The van der Waals surface area contributed by atoms with Crippen LogP contribution < -0.4 is 0 Å². The zero-order chi connectivity index (χ0) is 15.6. The van der Waals surface area contributed by atoms with Crippen LogP contribution in [0.5, 0.6) is 0 Å². The topological polar surface area (TPSA) is 115 Å². The summed E-state index contributed by atoms with van der Waals surface area (Å²) in [6.45, 7) is 4.24. The van der Waals surface area contributed by atoms with Gasteiger partial charge in [0.05, 0.1) is 0 Å². The molecule has 0 aromatic rings. The van der Waals surface area contributed by atoms with Crippen molar-refractivity contribution in [2.45, 2.75) is 45.8 Å². The van der Waals surface area contributed by atoms with Gasteiger partial charge in [-0.05, 0) is 27.7 Å². The average molecular weight is 272 g/mol. The van der Waals surface area contributed by atoms with E-state index in [0.717, 1.165) is 34.6 Å². The summed E-state index contributed by atoms with van der Waals surface area (Å²) in [4.78, 5) is 57.7. The Morgan fingerprint density at radius 1 is 0.737 bits per heavy atom. The predicted octanol–water partition coefficient (Wildman–Crippen LogP) is -0.625. The highest BCUT2D eigenvalue weighted by Crippen LogP contribution is 2.31. The van der Waals surface area contributed by atoms with Gasteiger partial charge in [-0.2, -0.15) is 0 Å². The van der Waals surface area contributed by atoms with Gasteiger partial charge in [0.15, 0.2) is 23.1 Å². The van der Waals surface area contributed by atoms with Crippen LogP contribution in [0.15, 0.2) is 0 Å². The summed E-state index contributed by atoms with van der Waals surface area (Å²) in [7, 11) is 0. The van der Waals surface area contributed by atoms with E-state index in [1.807, 2.05) is 0 Å². The molecule has 0 aromatic carbocycles. The molecule has 0 aliphatic heterocycles. The van der Waals surface area contributed by atoms with Crippen LogP contribution in [0.1, 0.15) is 34.6 Å². The third kappa shape index (κ3) is 2.46. The highest BCUT2D eigenvalue weighted by Gasteiger charge is 2.66. The van der Waals surface area contributed by atoms with Crippen LogP contribution in [-0.4, -0.2) is 45.4 Å². The fraction of sp³-hybridized carbons (Fsp3) is 0.583. The molecule has 0 unspecified atom stereocenters. The Morgan fingerprint density at radius 2 is 1.05 bits per heavy atom. The van der Waals surface area contributed by atoms with Crippen molar-refractivity contribution in [2.24, 2.45) is 0 Å². The highest BCUT2D eigenvalue weighted by molar-refractivity contribution is 6.24. The number of carbonyl (C=O) groups is 5. The van der Waals surface area contributed by atoms with Crippen molar-refractivity contribution in [2.75, 3.05) is 0 Å². The molecule has 19 heavy (non-hydrogen) atoms. The van der Waals surface area contributed by atoms with E-state index in [9.17, 15) is 29.1 Å². The zero-order valence-corrected chi connectivity index (χ0v) is 11.4. The summed E-state index contributed by atoms with van der Waals surface area (Å²) in [5, 5.41) is 10.2. The molecular formula is C12H16O7. The number of esters is 1. The average Bonchev–Trinajstić information content (AvgIpc) is 2.22. The van der Waals surface area contributed by atoms with Gasteiger partial charge >= 0.3 is 5.97 Å². The van der Waals surface area contributed by atoms with E-state index < -0.39 is 40.3 Å². The molecule has 0 atom stereocenters. The minimum absolute atomic E-state index is 0.825. The lowest BCUT2D eigenvalue weighted by Crippen LogP contribution is -2.71. The maximum absolute atomic E-state index is 11.7. The van der Waals surface area contributed by atoms with Gasteiger partial charge in [0.1, 0.15) is 0 Å². The second-order valence-electron chi connectivity index (χ2n) is 4.21. The molecule has 106 valence electrons. The molecule has 0 saturated heterocycles. The monoisotopic (exact) mass is 272 g/mol. The van der Waals surface area contributed by atoms with Gasteiger partial charge in [0, 0.05) is 6.92 Å². The third-order valence-electron chi connectivity index (χ3n) is 2.82. The molecule has 0 spiro atoms. The van der Waals surface area contributed by atoms with Crippen LogP contribution >= 0.6 is 0 Å². The van der Waals surface area contributed by atoms with E-state index in [1.54, 1.807) is 0 Å². The molecule has 0 bridgehead atoms. The molecule has 7 heteroatoms. The molecule has 0 rings (SSSR count). The maximum Gasteiger partial charge on any atom is 0.304 e. The van der Waals surface area contributed by atoms with Gasteiger partial charge in [-0.25, -0.2) is 0 Å². The van der Waals surface area contributed by atoms with Crippen LogP contribution in [0.4, 0.5) is 0 Å². The molecule has 0 radical (unpaired) electrons. The molecule has 0 saturated carbocycles. The summed E-state index contributed by atoms with van der Waals surface area (Å²) in [5.74, 6) is -5.61. The smallest absolute Gasteiger partial charge is 0.304 e. The van der Waals surface area contributed by atoms with Crippen molar-refractivity contribution in [3.8, 4) is 0 Å². The van der Waals surface area contributed by atoms with Gasteiger partial charge in [0.2, 0.25) is 5.60 Å². The van der Waals surface area contributed by atoms with Gasteiger partial charge in [-0.1, -0.05) is 0 Å². The summed E-state index contributed by atoms with van der Waals surface area (Å²) >= 11 is 0. The van der Waals surface area contributed by atoms with Crippen molar-refractivity contribution >= 4 is 29.1 Å². The Hall–Kier alpha value is -1.89. The number of ether oxygens (including phenoxy) is 1. The van der Waals surface area contributed by atoms with Crippen LogP contribution in [-0.2, 0) is 28.7 Å². The van der Waals surface area contributed by atoms with E-state index in [2.05, 4.69) is 4.74 Å². The number of Topliss-reactive ketones (excluding diaryl/α,β-unsaturated/α-hetero) is 4. The second kappa shape index (κ2) is 5.40. The van der Waals surface area contributed by atoms with Crippen molar-refractivity contribution in [3.63, 3.8) is 0 Å². The molecule has 0 aliphatic carbocycles. The van der Waals surface area contributed by atoms with E-state index in [0.29, 0.717) is 0 Å². The van der Waals surface area contributed by atoms with Gasteiger partial charge in [0.25, 0.3) is 5.60 Å². The van der Waals surface area contributed by atoms with Crippen LogP contribution in [0.3, 0.4) is 0 Å². The zero-order valence-electron chi connectivity index (χ0n) is 11.4. The number of hydrogen-bond donors (Lipinski definition) is 1. The molecule has 7 nitrogen and oxygen atoms in total. The Morgan fingerprint density at radius 3 is 1.21 bits per heavy atom. The first-order valence-electron chi connectivity index (χ1n) is 5.40. The standard InChI is InChI=1S/C12H16O7/c1-6(13)11(18,7(2)14)12(8(3)15,9(4)16)19-10(5)17/h18H,1-5H3. The summed E-state index contributed by atoms with van der Waals surface area (Å²) in [6, 6.07) is 0. The third-order valence-corrected chi connectivity index (χ3v) is 2.82. The van der Waals surface area contributed by atoms with E-state index in [1.165, 1.54) is 0 Å². The SMILES string of the molecule is CC(=O)OC(C(C)=O)(C(C)=O)C(O)(C(C)=O)C(C)=O. The van der Waals surface area contributed by atoms with E-state index in [-0.39, 0.29) is 0 Å². The Labute approximate surface area is 109 Å². The largest absolute Gasteiger partial charge is 0.439 e. The summed E-state index contributed by atoms with van der Waals surface area (Å²) in [5.41, 5.74) is -5.88. The number of hydrogen-bond acceptors (Lipinski definition) is 7. The maximum atomic E-state index is 11.7. The minimum Gasteiger partial charge on any atom is -0.439 e. The lowest BCUT2D eigenvalue weighted by atomic mass is 9.72. The molecular weight excluding hydrogens is 256 g/mol. The first-order chi connectivity index (χ1) is 8.44. The van der Waals surface area contributed by atoms with Gasteiger partial charge in [-0.15, -0.1) is 0 Å². The lowest BCUT2D eigenvalue weighted by molar-refractivity contribution is -0.200. The normalized spacial score (nSPS) is 11.7. The van der Waals surface area contributed by atoms with Crippen LogP contribution in [0.25, 0.3) is 0 Å². The van der Waals surface area contributed by atoms with Crippen molar-refractivity contribution in [3.05, 3.63) is 0 Å². The van der Waals surface area contributed by atoms with E-state index >= 15 is 0 Å². The first kappa shape index (κ1) is 17.1. The summed E-state index contributed by atoms with van der Waals surface area (Å²) < 4.78 is 4.62. The molecule has 1 N–H and O–H groups in total. The second-order valence-corrected chi connectivity index (χ2v) is 4.21. The quantitative estimate of drug-likeness (QED) is 0.506. The Kier molecular flexibility index (Phi) is 4.86. The van der Waals surface area contributed by atoms with Gasteiger partial charge < -0.3 is 9.84 Å². The van der Waals surface area contributed by atoms with Crippen molar-refractivity contribution in [1.82, 2.24) is 0 Å². The predicted molar refractivity (Wildman–Crippen MR) is 62.2 cm³/mol. The van der Waals surface area contributed by atoms with Gasteiger partial charge in [-0.3, -0.25) is 24.0 Å². The summed E-state index contributed by atoms with van der Waals surface area (Å²) in [6.07, 6.45) is 0. The fourth-order valence-corrected chi connectivity index (χ4v) is 1.93. The van der Waals surface area contributed by atoms with Crippen molar-refractivity contribution in [1.29, 1.82) is 0 Å². The molecule has 0 amide bonds. The fourth-order valence-electron chi connectivity index (χ4n) is 1.93. The Bertz CT molecular complexity index is 433. The lowest BCUT2D eigenvalue weighted by Gasteiger charge is -2.39. The number of aliphatic hydroxyl groups is 1. The number of rotatable bonds is 6. The Balaban J connectivity index is 6.46. The van der Waals surface area contributed by atoms with Crippen LogP contribution in [0.2, 0.25) is 0 Å². The van der Waals surface area contributed by atoms with Crippen molar-refractivity contribution < 1.29 is 33.8 Å². The highest BCUT2D eigenvalue weighted by atomic mass is 16.6. The first-order valence-corrected chi connectivity index (χ1v) is 5.40. The molecule has 0 fully saturated rings.